The maximum atomic E-state index is 5.97. The van der Waals surface area contributed by atoms with Gasteiger partial charge in [-0.25, -0.2) is 0 Å². The Hall–Kier alpha value is -0.250. The minimum atomic E-state index is -0.144. The molecular formula is C12H8Cl2I+. The summed E-state index contributed by atoms with van der Waals surface area (Å²) in [7, 11) is 0. The van der Waals surface area contributed by atoms with Crippen molar-refractivity contribution >= 4 is 23.2 Å². The molecule has 2 rings (SSSR count). The first-order valence-corrected chi connectivity index (χ1v) is 7.32. The summed E-state index contributed by atoms with van der Waals surface area (Å²) in [6.45, 7) is 0. The van der Waals surface area contributed by atoms with E-state index in [2.05, 4.69) is 30.3 Å². The standard InChI is InChI=1S/C12H8Cl2I/c13-11-7-6-10(8-12(11)14)15-9-4-2-1-3-5-9/h1-8H/q+1. The van der Waals surface area contributed by atoms with Gasteiger partial charge in [0.25, 0.3) is 0 Å². The average molecular weight is 350 g/mol. The average Bonchev–Trinajstić information content (AvgIpc) is 2.25. The molecule has 76 valence electrons. The lowest BCUT2D eigenvalue weighted by molar-refractivity contribution is -0.597. The molecule has 0 saturated heterocycles. The molecule has 0 atom stereocenters. The zero-order valence-electron chi connectivity index (χ0n) is 7.75. The summed E-state index contributed by atoms with van der Waals surface area (Å²) in [5, 5.41) is 1.27. The molecule has 3 heteroatoms. The number of halogens is 3. The van der Waals surface area contributed by atoms with Gasteiger partial charge < -0.3 is 0 Å². The topological polar surface area (TPSA) is 0 Å². The van der Waals surface area contributed by atoms with Gasteiger partial charge in [0.15, 0.2) is 7.14 Å². The second kappa shape index (κ2) is 5.19. The van der Waals surface area contributed by atoms with Gasteiger partial charge in [0.05, 0.1) is 10.0 Å². The number of rotatable bonds is 2. The van der Waals surface area contributed by atoms with Crippen LogP contribution in [0.4, 0.5) is 0 Å². The monoisotopic (exact) mass is 349 g/mol. The molecule has 0 spiro atoms. The lowest BCUT2D eigenvalue weighted by Crippen LogP contribution is -3.61. The molecule has 0 heterocycles. The predicted octanol–water partition coefficient (Wildman–Crippen LogP) is 1.12. The molecule has 2 aromatic rings. The van der Waals surface area contributed by atoms with Crippen molar-refractivity contribution in [3.63, 3.8) is 0 Å². The highest BCUT2D eigenvalue weighted by atomic mass is 127. The van der Waals surface area contributed by atoms with E-state index in [1.165, 1.54) is 7.14 Å². The van der Waals surface area contributed by atoms with Crippen LogP contribution >= 0.6 is 23.2 Å². The van der Waals surface area contributed by atoms with Crippen LogP contribution in [0.25, 0.3) is 0 Å². The second-order valence-electron chi connectivity index (χ2n) is 2.95. The Morgan fingerprint density at radius 1 is 0.733 bits per heavy atom. The molecule has 2 aromatic carbocycles. The van der Waals surface area contributed by atoms with Gasteiger partial charge in [-0.2, -0.15) is 0 Å². The van der Waals surface area contributed by atoms with E-state index in [4.69, 9.17) is 23.2 Å². The van der Waals surface area contributed by atoms with Crippen molar-refractivity contribution in [1.82, 2.24) is 0 Å². The van der Waals surface area contributed by atoms with E-state index < -0.39 is 0 Å². The molecular weight excluding hydrogens is 342 g/mol. The van der Waals surface area contributed by atoms with Crippen molar-refractivity contribution in [1.29, 1.82) is 0 Å². The molecule has 0 radical (unpaired) electrons. The normalized spacial score (nSPS) is 10.3. The maximum Gasteiger partial charge on any atom is 0.357 e. The van der Waals surface area contributed by atoms with Crippen LogP contribution in [-0.4, -0.2) is 0 Å². The fraction of sp³-hybridized carbons (Fsp3) is 0. The predicted molar refractivity (Wildman–Crippen MR) is 60.3 cm³/mol. The van der Waals surface area contributed by atoms with Crippen molar-refractivity contribution in [3.05, 3.63) is 65.7 Å². The van der Waals surface area contributed by atoms with Gasteiger partial charge in [-0.15, -0.1) is 0 Å². The van der Waals surface area contributed by atoms with E-state index in [1.807, 2.05) is 18.2 Å². The lowest BCUT2D eigenvalue weighted by atomic mass is 10.4. The summed E-state index contributed by atoms with van der Waals surface area (Å²) >= 11 is 11.7. The summed E-state index contributed by atoms with van der Waals surface area (Å²) in [5.74, 6) is 0. The molecule has 0 aliphatic carbocycles. The first-order chi connectivity index (χ1) is 7.25. The van der Waals surface area contributed by atoms with Crippen LogP contribution in [0.15, 0.2) is 48.5 Å². The maximum absolute atomic E-state index is 5.97. The van der Waals surface area contributed by atoms with Crippen LogP contribution in [0.2, 0.25) is 10.0 Å². The Bertz CT molecular complexity index is 454. The first kappa shape index (κ1) is 11.2. The number of hydrogen-bond donors (Lipinski definition) is 0. The SMILES string of the molecule is Clc1ccc([I+]c2ccccc2)cc1Cl. The third-order valence-corrected chi connectivity index (χ3v) is 5.21. The molecule has 0 aliphatic rings. The highest BCUT2D eigenvalue weighted by Crippen LogP contribution is 2.19. The quantitative estimate of drug-likeness (QED) is 0.563. The molecule has 15 heavy (non-hydrogen) atoms. The zero-order valence-corrected chi connectivity index (χ0v) is 11.4. The van der Waals surface area contributed by atoms with Crippen LogP contribution in [0.5, 0.6) is 0 Å². The smallest absolute Gasteiger partial charge is 0.0827 e. The molecule has 0 amide bonds. The Labute approximate surface area is 109 Å². The molecule has 0 saturated carbocycles. The van der Waals surface area contributed by atoms with Crippen molar-refractivity contribution in [2.45, 2.75) is 0 Å². The molecule has 0 aliphatic heterocycles. The lowest BCUT2D eigenvalue weighted by Gasteiger charge is -1.92. The third kappa shape index (κ3) is 3.10. The van der Waals surface area contributed by atoms with Crippen LogP contribution < -0.4 is 21.2 Å². The summed E-state index contributed by atoms with van der Waals surface area (Å²) in [6.07, 6.45) is 0. The summed E-state index contributed by atoms with van der Waals surface area (Å²) < 4.78 is 2.67. The van der Waals surface area contributed by atoms with Crippen LogP contribution in [-0.2, 0) is 0 Å². The van der Waals surface area contributed by atoms with Crippen LogP contribution in [0.1, 0.15) is 0 Å². The molecule has 0 bridgehead atoms. The fourth-order valence-corrected chi connectivity index (χ4v) is 3.94. The van der Waals surface area contributed by atoms with Crippen molar-refractivity contribution < 1.29 is 21.2 Å². The largest absolute Gasteiger partial charge is 0.357 e. The van der Waals surface area contributed by atoms with Crippen molar-refractivity contribution in [2.24, 2.45) is 0 Å². The third-order valence-electron chi connectivity index (χ3n) is 1.83. The van der Waals surface area contributed by atoms with E-state index >= 15 is 0 Å². The van der Waals surface area contributed by atoms with Gasteiger partial charge in [0.1, 0.15) is 0 Å². The Morgan fingerprint density at radius 3 is 2.13 bits per heavy atom. The molecule has 0 nitrogen and oxygen atoms in total. The zero-order chi connectivity index (χ0) is 10.7. The minimum absolute atomic E-state index is 0.144. The van der Waals surface area contributed by atoms with E-state index in [9.17, 15) is 0 Å². The fourth-order valence-electron chi connectivity index (χ4n) is 1.13. The van der Waals surface area contributed by atoms with Crippen molar-refractivity contribution in [3.8, 4) is 0 Å². The molecule has 0 N–H and O–H groups in total. The molecule has 0 unspecified atom stereocenters. The summed E-state index contributed by atoms with van der Waals surface area (Å²) in [6, 6.07) is 16.3. The van der Waals surface area contributed by atoms with Gasteiger partial charge >= 0.3 is 21.2 Å². The van der Waals surface area contributed by atoms with E-state index in [0.717, 1.165) is 0 Å². The van der Waals surface area contributed by atoms with E-state index in [1.54, 1.807) is 0 Å². The van der Waals surface area contributed by atoms with Gasteiger partial charge in [0.2, 0.25) is 0 Å². The Morgan fingerprint density at radius 2 is 1.47 bits per heavy atom. The van der Waals surface area contributed by atoms with Gasteiger partial charge in [0, 0.05) is 6.07 Å². The Balaban J connectivity index is 2.22. The van der Waals surface area contributed by atoms with Gasteiger partial charge in [-0.05, 0) is 24.3 Å². The van der Waals surface area contributed by atoms with E-state index in [0.29, 0.717) is 10.0 Å². The van der Waals surface area contributed by atoms with Crippen molar-refractivity contribution in [2.75, 3.05) is 0 Å². The first-order valence-electron chi connectivity index (χ1n) is 4.40. The highest BCUT2D eigenvalue weighted by Gasteiger charge is 2.15. The second-order valence-corrected chi connectivity index (χ2v) is 6.79. The van der Waals surface area contributed by atoms with Crippen LogP contribution in [0.3, 0.4) is 0 Å². The van der Waals surface area contributed by atoms with E-state index in [-0.39, 0.29) is 21.2 Å². The minimum Gasteiger partial charge on any atom is -0.0827 e. The summed E-state index contributed by atoms with van der Waals surface area (Å²) in [5.41, 5.74) is 0. The Kier molecular flexibility index (Phi) is 3.89. The molecule has 0 aromatic heterocycles. The van der Waals surface area contributed by atoms with Gasteiger partial charge in [-0.3, -0.25) is 0 Å². The van der Waals surface area contributed by atoms with Gasteiger partial charge in [-0.1, -0.05) is 41.4 Å². The number of hydrogen-bond acceptors (Lipinski definition) is 0. The number of benzene rings is 2. The highest BCUT2D eigenvalue weighted by molar-refractivity contribution is 6.41. The summed E-state index contributed by atoms with van der Waals surface area (Å²) in [4.78, 5) is 0. The van der Waals surface area contributed by atoms with Crippen LogP contribution in [0, 0.1) is 7.14 Å². The molecule has 0 fully saturated rings.